The van der Waals surface area contributed by atoms with Gasteiger partial charge in [-0.3, -0.25) is 4.79 Å². The number of hydrogen-bond donors (Lipinski definition) is 0. The smallest absolute Gasteiger partial charge is 0.336 e. The molecule has 2 aromatic heterocycles. The molecule has 0 aliphatic heterocycles. The summed E-state index contributed by atoms with van der Waals surface area (Å²) in [6, 6.07) is 15.7. The molecule has 0 atom stereocenters. The van der Waals surface area contributed by atoms with Gasteiger partial charge in [-0.25, -0.2) is 4.79 Å². The quantitative estimate of drug-likeness (QED) is 0.346. The molecule has 0 amide bonds. The summed E-state index contributed by atoms with van der Waals surface area (Å²) in [6.45, 7) is 1.86. The van der Waals surface area contributed by atoms with E-state index in [-0.39, 0.29) is 17.3 Å². The summed E-state index contributed by atoms with van der Waals surface area (Å²) >= 11 is 0. The van der Waals surface area contributed by atoms with Crippen LogP contribution in [0.2, 0.25) is 0 Å². The third-order valence-corrected chi connectivity index (χ3v) is 4.48. The summed E-state index contributed by atoms with van der Waals surface area (Å²) in [4.78, 5) is 25.5. The number of aryl methyl sites for hydroxylation is 1. The van der Waals surface area contributed by atoms with Gasteiger partial charge in [0, 0.05) is 6.08 Å². The molecule has 2 heterocycles. The molecule has 6 nitrogen and oxygen atoms in total. The molecule has 4 aromatic rings. The maximum atomic E-state index is 13.1. The molecule has 0 saturated heterocycles. The Bertz CT molecular complexity index is 1280. The lowest BCUT2D eigenvalue weighted by Gasteiger charge is -2.08. The van der Waals surface area contributed by atoms with Gasteiger partial charge in [-0.1, -0.05) is 23.8 Å². The zero-order valence-corrected chi connectivity index (χ0v) is 16.4. The average Bonchev–Trinajstić information content (AvgIpc) is 3.29. The fourth-order valence-electron chi connectivity index (χ4n) is 2.97. The van der Waals surface area contributed by atoms with Gasteiger partial charge in [0.2, 0.25) is 16.9 Å². The van der Waals surface area contributed by atoms with Crippen LogP contribution >= 0.6 is 0 Å². The lowest BCUT2D eigenvalue weighted by molar-refractivity contribution is -0.129. The second-order valence-corrected chi connectivity index (χ2v) is 6.59. The summed E-state index contributed by atoms with van der Waals surface area (Å²) in [6.07, 6.45) is 4.28. The highest BCUT2D eigenvalue weighted by Crippen LogP contribution is 2.31. The van der Waals surface area contributed by atoms with Gasteiger partial charge in [0.1, 0.15) is 11.3 Å². The number of benzene rings is 2. The van der Waals surface area contributed by atoms with E-state index in [2.05, 4.69) is 0 Å². The van der Waals surface area contributed by atoms with E-state index < -0.39 is 11.4 Å². The first-order valence-corrected chi connectivity index (χ1v) is 9.20. The zero-order chi connectivity index (χ0) is 21.1. The topological polar surface area (TPSA) is 78.9 Å². The summed E-state index contributed by atoms with van der Waals surface area (Å²) in [5, 5.41) is 0.326. The molecule has 0 unspecified atom stereocenters. The van der Waals surface area contributed by atoms with Crippen molar-refractivity contribution in [2.75, 3.05) is 7.11 Å². The third kappa shape index (κ3) is 3.89. The number of rotatable bonds is 5. The van der Waals surface area contributed by atoms with Gasteiger partial charge in [0.25, 0.3) is 0 Å². The predicted octanol–water partition coefficient (Wildman–Crippen LogP) is 4.99. The van der Waals surface area contributed by atoms with Crippen molar-refractivity contribution in [2.24, 2.45) is 0 Å². The highest BCUT2D eigenvalue weighted by atomic mass is 16.5. The molecule has 0 spiro atoms. The zero-order valence-electron chi connectivity index (χ0n) is 16.4. The van der Waals surface area contributed by atoms with Crippen molar-refractivity contribution in [1.29, 1.82) is 0 Å². The molecule has 0 fully saturated rings. The number of carbonyl (C=O) groups excluding carboxylic acids is 1. The highest BCUT2D eigenvalue weighted by Gasteiger charge is 2.21. The fraction of sp³-hybridized carbons (Fsp3) is 0.0833. The Labute approximate surface area is 172 Å². The SMILES string of the molecule is COc1ccc(C=CC(=O)Oc2c(-c3ccco3)oc3ccc(C)cc3c2=O)cc1. The summed E-state index contributed by atoms with van der Waals surface area (Å²) < 4.78 is 21.7. The van der Waals surface area contributed by atoms with Crippen molar-refractivity contribution in [3.63, 3.8) is 0 Å². The van der Waals surface area contributed by atoms with E-state index >= 15 is 0 Å². The lowest BCUT2D eigenvalue weighted by atomic mass is 10.1. The van der Waals surface area contributed by atoms with Crippen LogP contribution in [0.4, 0.5) is 0 Å². The number of hydrogen-bond acceptors (Lipinski definition) is 6. The number of fused-ring (bicyclic) bond motifs is 1. The molecule has 0 radical (unpaired) electrons. The van der Waals surface area contributed by atoms with E-state index in [4.69, 9.17) is 18.3 Å². The Morgan fingerprint density at radius 1 is 1.07 bits per heavy atom. The summed E-state index contributed by atoms with van der Waals surface area (Å²) in [5.74, 6) is 0.135. The van der Waals surface area contributed by atoms with Crippen LogP contribution in [0, 0.1) is 6.92 Å². The maximum absolute atomic E-state index is 13.1. The molecule has 0 aliphatic carbocycles. The van der Waals surface area contributed by atoms with Crippen LogP contribution in [0.1, 0.15) is 11.1 Å². The Kier molecular flexibility index (Phi) is 5.22. The molecule has 0 saturated carbocycles. The minimum absolute atomic E-state index is 0.0625. The fourth-order valence-corrected chi connectivity index (χ4v) is 2.97. The van der Waals surface area contributed by atoms with Gasteiger partial charge in [-0.05, 0) is 55.0 Å². The molecule has 4 rings (SSSR count). The average molecular weight is 402 g/mol. The van der Waals surface area contributed by atoms with Crippen LogP contribution in [-0.4, -0.2) is 13.1 Å². The molecular formula is C24H18O6. The van der Waals surface area contributed by atoms with E-state index in [1.54, 1.807) is 61.7 Å². The maximum Gasteiger partial charge on any atom is 0.336 e. The Morgan fingerprint density at radius 3 is 2.57 bits per heavy atom. The Morgan fingerprint density at radius 2 is 1.87 bits per heavy atom. The van der Waals surface area contributed by atoms with Crippen LogP contribution in [0.5, 0.6) is 11.5 Å². The first-order chi connectivity index (χ1) is 14.5. The number of furan rings is 1. The van der Waals surface area contributed by atoms with Crippen molar-refractivity contribution >= 4 is 23.0 Å². The Hall–Kier alpha value is -4.06. The van der Waals surface area contributed by atoms with Crippen LogP contribution in [0.15, 0.2) is 80.6 Å². The van der Waals surface area contributed by atoms with Gasteiger partial charge in [0.05, 0.1) is 18.8 Å². The lowest BCUT2D eigenvalue weighted by Crippen LogP contribution is -2.14. The van der Waals surface area contributed by atoms with E-state index in [1.165, 1.54) is 12.3 Å². The van der Waals surface area contributed by atoms with Crippen LogP contribution in [0.3, 0.4) is 0 Å². The molecule has 0 bridgehead atoms. The van der Waals surface area contributed by atoms with Gasteiger partial charge in [0.15, 0.2) is 5.76 Å². The van der Waals surface area contributed by atoms with Gasteiger partial charge >= 0.3 is 5.97 Å². The van der Waals surface area contributed by atoms with Crippen molar-refractivity contribution in [3.8, 4) is 23.0 Å². The van der Waals surface area contributed by atoms with E-state index in [0.717, 1.165) is 11.1 Å². The molecule has 150 valence electrons. The number of esters is 1. The minimum Gasteiger partial charge on any atom is -0.497 e. The standard InChI is InChI=1S/C24H18O6/c1-15-5-11-19-18(14-15)22(26)24(23(29-19)20-4-3-13-28-20)30-21(25)12-8-16-6-9-17(27-2)10-7-16/h3-14H,1-2H3. The van der Waals surface area contributed by atoms with Gasteiger partial charge in [-0.15, -0.1) is 0 Å². The minimum atomic E-state index is -0.710. The summed E-state index contributed by atoms with van der Waals surface area (Å²) in [5.41, 5.74) is 1.60. The number of methoxy groups -OCH3 is 1. The van der Waals surface area contributed by atoms with Crippen molar-refractivity contribution in [3.05, 3.63) is 88.3 Å². The molecule has 0 N–H and O–H groups in total. The van der Waals surface area contributed by atoms with E-state index in [9.17, 15) is 9.59 Å². The Balaban J connectivity index is 1.70. The van der Waals surface area contributed by atoms with Crippen molar-refractivity contribution in [2.45, 2.75) is 6.92 Å². The largest absolute Gasteiger partial charge is 0.497 e. The molecule has 30 heavy (non-hydrogen) atoms. The van der Waals surface area contributed by atoms with Crippen LogP contribution in [0.25, 0.3) is 28.6 Å². The van der Waals surface area contributed by atoms with Crippen LogP contribution < -0.4 is 14.9 Å². The number of ether oxygens (including phenoxy) is 2. The predicted molar refractivity (Wildman–Crippen MR) is 113 cm³/mol. The van der Waals surface area contributed by atoms with Gasteiger partial charge < -0.3 is 18.3 Å². The number of carbonyl (C=O) groups is 1. The van der Waals surface area contributed by atoms with Gasteiger partial charge in [-0.2, -0.15) is 0 Å². The van der Waals surface area contributed by atoms with E-state index in [0.29, 0.717) is 16.7 Å². The van der Waals surface area contributed by atoms with Crippen molar-refractivity contribution < 1.29 is 23.1 Å². The normalized spacial score (nSPS) is 11.1. The highest BCUT2D eigenvalue weighted by molar-refractivity contribution is 5.90. The molecular weight excluding hydrogens is 384 g/mol. The van der Waals surface area contributed by atoms with Crippen molar-refractivity contribution in [1.82, 2.24) is 0 Å². The second kappa shape index (κ2) is 8.13. The monoisotopic (exact) mass is 402 g/mol. The van der Waals surface area contributed by atoms with E-state index in [1.807, 2.05) is 13.0 Å². The first kappa shape index (κ1) is 19.3. The molecule has 6 heteroatoms. The summed E-state index contributed by atoms with van der Waals surface area (Å²) in [7, 11) is 1.58. The molecule has 0 aliphatic rings. The van der Waals surface area contributed by atoms with Crippen LogP contribution in [-0.2, 0) is 4.79 Å². The molecule has 2 aromatic carbocycles. The first-order valence-electron chi connectivity index (χ1n) is 9.20. The second-order valence-electron chi connectivity index (χ2n) is 6.59. The third-order valence-electron chi connectivity index (χ3n) is 4.48.